The number of carbonyl (C=O) groups excluding carboxylic acids is 1. The SMILES string of the molecule is O=C1CCc2ccc(F)cc2C12CCCCC2. The molecule has 0 N–H and O–H groups in total. The zero-order valence-electron chi connectivity index (χ0n) is 9.97. The molecule has 0 aromatic heterocycles. The van der Waals surface area contributed by atoms with E-state index in [0.29, 0.717) is 12.2 Å². The van der Waals surface area contributed by atoms with Gasteiger partial charge in [-0.3, -0.25) is 4.79 Å². The molecule has 1 spiro atoms. The van der Waals surface area contributed by atoms with E-state index < -0.39 is 0 Å². The summed E-state index contributed by atoms with van der Waals surface area (Å²) < 4.78 is 13.4. The second kappa shape index (κ2) is 3.94. The van der Waals surface area contributed by atoms with Gasteiger partial charge in [0.25, 0.3) is 0 Å². The summed E-state index contributed by atoms with van der Waals surface area (Å²) in [6, 6.07) is 5.00. The number of carbonyl (C=O) groups is 1. The van der Waals surface area contributed by atoms with Crippen LogP contribution in [0.2, 0.25) is 0 Å². The molecule has 0 unspecified atom stereocenters. The average Bonchev–Trinajstić information content (AvgIpc) is 2.36. The van der Waals surface area contributed by atoms with Crippen LogP contribution in [0.3, 0.4) is 0 Å². The van der Waals surface area contributed by atoms with Crippen LogP contribution in [0.15, 0.2) is 18.2 Å². The van der Waals surface area contributed by atoms with Gasteiger partial charge in [0.1, 0.15) is 11.6 Å². The number of aryl methyl sites for hydroxylation is 1. The molecule has 0 aliphatic heterocycles. The molecule has 1 aromatic carbocycles. The van der Waals surface area contributed by atoms with E-state index >= 15 is 0 Å². The monoisotopic (exact) mass is 232 g/mol. The van der Waals surface area contributed by atoms with E-state index in [-0.39, 0.29) is 11.2 Å². The number of rotatable bonds is 0. The third-order valence-electron chi connectivity index (χ3n) is 4.45. The Balaban J connectivity index is 2.14. The topological polar surface area (TPSA) is 17.1 Å². The van der Waals surface area contributed by atoms with Crippen molar-refractivity contribution in [3.63, 3.8) is 0 Å². The van der Waals surface area contributed by atoms with Crippen LogP contribution >= 0.6 is 0 Å². The van der Waals surface area contributed by atoms with Gasteiger partial charge in [-0.1, -0.05) is 25.3 Å². The molecule has 17 heavy (non-hydrogen) atoms. The molecule has 0 bridgehead atoms. The highest BCUT2D eigenvalue weighted by molar-refractivity contribution is 5.92. The standard InChI is InChI=1S/C15H17FO/c16-12-6-4-11-5-7-14(17)15(13(11)10-12)8-2-1-3-9-15/h4,6,10H,1-3,5,7-9H2. The second-order valence-electron chi connectivity index (χ2n) is 5.37. The minimum Gasteiger partial charge on any atom is -0.299 e. The van der Waals surface area contributed by atoms with Crippen molar-refractivity contribution in [3.05, 3.63) is 35.1 Å². The summed E-state index contributed by atoms with van der Waals surface area (Å²) in [4.78, 5) is 12.3. The molecule has 0 radical (unpaired) electrons. The summed E-state index contributed by atoms with van der Waals surface area (Å²) in [5.41, 5.74) is 1.84. The molecule has 1 fully saturated rings. The lowest BCUT2D eigenvalue weighted by Crippen LogP contribution is -2.41. The van der Waals surface area contributed by atoms with E-state index in [0.717, 1.165) is 37.7 Å². The van der Waals surface area contributed by atoms with Crippen molar-refractivity contribution < 1.29 is 9.18 Å². The maximum atomic E-state index is 13.4. The van der Waals surface area contributed by atoms with Gasteiger partial charge in [0.15, 0.2) is 0 Å². The first-order valence-electron chi connectivity index (χ1n) is 6.55. The van der Waals surface area contributed by atoms with Gasteiger partial charge in [0.2, 0.25) is 0 Å². The maximum Gasteiger partial charge on any atom is 0.143 e. The van der Waals surface area contributed by atoms with Gasteiger partial charge < -0.3 is 0 Å². The molecule has 0 saturated heterocycles. The summed E-state index contributed by atoms with van der Waals surface area (Å²) in [7, 11) is 0. The van der Waals surface area contributed by atoms with Crippen molar-refractivity contribution in [3.8, 4) is 0 Å². The van der Waals surface area contributed by atoms with Crippen LogP contribution in [-0.4, -0.2) is 5.78 Å². The van der Waals surface area contributed by atoms with E-state index in [2.05, 4.69) is 0 Å². The summed E-state index contributed by atoms with van der Waals surface area (Å²) in [5.74, 6) is 0.138. The van der Waals surface area contributed by atoms with Gasteiger partial charge >= 0.3 is 0 Å². The van der Waals surface area contributed by atoms with E-state index in [1.807, 2.05) is 6.07 Å². The highest BCUT2D eigenvalue weighted by Crippen LogP contribution is 2.45. The number of fused-ring (bicyclic) bond motifs is 2. The molecular formula is C15H17FO. The molecule has 1 aromatic rings. The Morgan fingerprint density at radius 3 is 2.59 bits per heavy atom. The van der Waals surface area contributed by atoms with Crippen molar-refractivity contribution in [2.24, 2.45) is 0 Å². The number of ketones is 1. The van der Waals surface area contributed by atoms with Crippen LogP contribution in [0.25, 0.3) is 0 Å². The van der Waals surface area contributed by atoms with Crippen molar-refractivity contribution >= 4 is 5.78 Å². The van der Waals surface area contributed by atoms with Crippen LogP contribution in [-0.2, 0) is 16.6 Å². The first-order chi connectivity index (χ1) is 8.22. The summed E-state index contributed by atoms with van der Waals surface area (Å²) in [5, 5.41) is 0. The average molecular weight is 232 g/mol. The van der Waals surface area contributed by atoms with Crippen molar-refractivity contribution in [1.82, 2.24) is 0 Å². The number of halogens is 1. The first-order valence-corrected chi connectivity index (χ1v) is 6.55. The molecule has 2 aliphatic carbocycles. The number of Topliss-reactive ketones (excluding diaryl/α,β-unsaturated/α-hetero) is 1. The molecule has 2 aliphatic rings. The number of hydrogen-bond acceptors (Lipinski definition) is 1. The van der Waals surface area contributed by atoms with Gasteiger partial charge in [-0.25, -0.2) is 4.39 Å². The molecule has 0 atom stereocenters. The van der Waals surface area contributed by atoms with Gasteiger partial charge in [-0.2, -0.15) is 0 Å². The minimum absolute atomic E-state index is 0.205. The fourth-order valence-electron chi connectivity index (χ4n) is 3.55. The summed E-state index contributed by atoms with van der Waals surface area (Å²) >= 11 is 0. The lowest BCUT2D eigenvalue weighted by molar-refractivity contribution is -0.126. The van der Waals surface area contributed by atoms with E-state index in [1.165, 1.54) is 18.1 Å². The fourth-order valence-corrected chi connectivity index (χ4v) is 3.55. The van der Waals surface area contributed by atoms with E-state index in [4.69, 9.17) is 0 Å². The van der Waals surface area contributed by atoms with Gasteiger partial charge in [-0.05, 0) is 42.5 Å². The number of benzene rings is 1. The van der Waals surface area contributed by atoms with Crippen LogP contribution in [0.4, 0.5) is 4.39 Å². The molecule has 0 amide bonds. The van der Waals surface area contributed by atoms with Crippen molar-refractivity contribution in [1.29, 1.82) is 0 Å². The Bertz CT molecular complexity index is 458. The largest absolute Gasteiger partial charge is 0.299 e. The maximum absolute atomic E-state index is 13.4. The minimum atomic E-state index is -0.339. The third kappa shape index (κ3) is 1.62. The summed E-state index contributed by atoms with van der Waals surface area (Å²) in [6.45, 7) is 0. The van der Waals surface area contributed by atoms with Gasteiger partial charge in [0.05, 0.1) is 5.41 Å². The van der Waals surface area contributed by atoms with E-state index in [1.54, 1.807) is 6.07 Å². The van der Waals surface area contributed by atoms with Crippen LogP contribution in [0.5, 0.6) is 0 Å². The Morgan fingerprint density at radius 1 is 1.06 bits per heavy atom. The predicted molar refractivity (Wildman–Crippen MR) is 64.5 cm³/mol. The Kier molecular flexibility index (Phi) is 2.53. The fraction of sp³-hybridized carbons (Fsp3) is 0.533. The van der Waals surface area contributed by atoms with Crippen LogP contribution in [0, 0.1) is 5.82 Å². The molecule has 3 rings (SSSR count). The predicted octanol–water partition coefficient (Wildman–Crippen LogP) is 3.54. The quantitative estimate of drug-likeness (QED) is 0.668. The van der Waals surface area contributed by atoms with Gasteiger partial charge in [-0.15, -0.1) is 0 Å². The zero-order valence-corrected chi connectivity index (χ0v) is 9.97. The normalized spacial score (nSPS) is 22.5. The highest BCUT2D eigenvalue weighted by Gasteiger charge is 2.44. The first kappa shape index (κ1) is 10.9. The van der Waals surface area contributed by atoms with Crippen LogP contribution in [0.1, 0.15) is 49.7 Å². The lowest BCUT2D eigenvalue weighted by atomic mass is 9.62. The Morgan fingerprint density at radius 2 is 1.82 bits per heavy atom. The molecule has 1 saturated carbocycles. The van der Waals surface area contributed by atoms with Crippen molar-refractivity contribution in [2.45, 2.75) is 50.4 Å². The molecule has 2 heteroatoms. The zero-order chi connectivity index (χ0) is 11.9. The third-order valence-corrected chi connectivity index (χ3v) is 4.45. The van der Waals surface area contributed by atoms with Gasteiger partial charge in [0, 0.05) is 6.42 Å². The molecule has 0 heterocycles. The smallest absolute Gasteiger partial charge is 0.143 e. The van der Waals surface area contributed by atoms with Crippen LogP contribution < -0.4 is 0 Å². The highest BCUT2D eigenvalue weighted by atomic mass is 19.1. The summed E-state index contributed by atoms with van der Waals surface area (Å²) in [6.07, 6.45) is 6.67. The van der Waals surface area contributed by atoms with E-state index in [9.17, 15) is 9.18 Å². The van der Waals surface area contributed by atoms with Crippen molar-refractivity contribution in [2.75, 3.05) is 0 Å². The Hall–Kier alpha value is -1.18. The molecule has 1 nitrogen and oxygen atoms in total. The molecular weight excluding hydrogens is 215 g/mol. The second-order valence-corrected chi connectivity index (χ2v) is 5.37. The molecule has 90 valence electrons. The lowest BCUT2D eigenvalue weighted by Gasteiger charge is -2.40. The number of hydrogen-bond donors (Lipinski definition) is 0. The Labute approximate surface area is 101 Å².